The molecule has 13 heavy (non-hydrogen) atoms. The SMILES string of the molecule is Cc1noc(C2(C)CCCCN2)n1. The molecule has 1 N–H and O–H groups in total. The number of hydrogen-bond acceptors (Lipinski definition) is 4. The third kappa shape index (κ3) is 1.58. The van der Waals surface area contributed by atoms with E-state index in [1.165, 1.54) is 12.8 Å². The number of hydrogen-bond donors (Lipinski definition) is 1. The molecule has 2 rings (SSSR count). The number of nitrogens with zero attached hydrogens (tertiary/aromatic N) is 2. The molecule has 0 amide bonds. The van der Waals surface area contributed by atoms with Gasteiger partial charge in [0.2, 0.25) is 5.89 Å². The third-order valence-corrected chi connectivity index (χ3v) is 2.62. The van der Waals surface area contributed by atoms with Crippen LogP contribution in [0.15, 0.2) is 4.52 Å². The standard InChI is InChI=1S/C9H15N3O/c1-7-11-8(13-12-7)9(2)5-3-4-6-10-9/h10H,3-6H2,1-2H3. The Morgan fingerprint density at radius 1 is 1.46 bits per heavy atom. The van der Waals surface area contributed by atoms with E-state index >= 15 is 0 Å². The van der Waals surface area contributed by atoms with Gasteiger partial charge in [-0.15, -0.1) is 0 Å². The second kappa shape index (κ2) is 3.10. The van der Waals surface area contributed by atoms with Gasteiger partial charge < -0.3 is 9.84 Å². The summed E-state index contributed by atoms with van der Waals surface area (Å²) in [6, 6.07) is 0. The number of piperidine rings is 1. The van der Waals surface area contributed by atoms with Gasteiger partial charge in [0, 0.05) is 0 Å². The first-order valence-corrected chi connectivity index (χ1v) is 4.76. The van der Waals surface area contributed by atoms with Crippen LogP contribution in [0.1, 0.15) is 37.9 Å². The zero-order valence-electron chi connectivity index (χ0n) is 8.13. The number of nitrogens with one attached hydrogen (secondary N) is 1. The second-order valence-electron chi connectivity index (χ2n) is 3.86. The van der Waals surface area contributed by atoms with E-state index in [1.54, 1.807) is 0 Å². The van der Waals surface area contributed by atoms with Gasteiger partial charge in [-0.2, -0.15) is 4.98 Å². The molecule has 72 valence electrons. The Morgan fingerprint density at radius 3 is 2.85 bits per heavy atom. The molecule has 1 saturated heterocycles. The van der Waals surface area contributed by atoms with Gasteiger partial charge in [0.05, 0.1) is 5.54 Å². The topological polar surface area (TPSA) is 51.0 Å². The van der Waals surface area contributed by atoms with Crippen molar-refractivity contribution in [3.8, 4) is 0 Å². The van der Waals surface area contributed by atoms with E-state index in [9.17, 15) is 0 Å². The lowest BCUT2D eigenvalue weighted by Crippen LogP contribution is -2.43. The van der Waals surface area contributed by atoms with Crippen molar-refractivity contribution in [3.63, 3.8) is 0 Å². The van der Waals surface area contributed by atoms with E-state index < -0.39 is 0 Å². The minimum atomic E-state index is -0.0977. The second-order valence-corrected chi connectivity index (χ2v) is 3.86. The van der Waals surface area contributed by atoms with Crippen LogP contribution in [-0.4, -0.2) is 16.7 Å². The Kier molecular flexibility index (Phi) is 2.07. The van der Waals surface area contributed by atoms with Crippen molar-refractivity contribution in [3.05, 3.63) is 11.7 Å². The summed E-state index contributed by atoms with van der Waals surface area (Å²) in [7, 11) is 0. The average Bonchev–Trinajstić information content (AvgIpc) is 2.54. The number of aryl methyl sites for hydroxylation is 1. The molecule has 0 aromatic carbocycles. The van der Waals surface area contributed by atoms with Crippen LogP contribution in [0.3, 0.4) is 0 Å². The zero-order chi connectivity index (χ0) is 9.31. The summed E-state index contributed by atoms with van der Waals surface area (Å²) in [5, 5.41) is 7.24. The largest absolute Gasteiger partial charge is 0.337 e. The molecular formula is C9H15N3O. The predicted molar refractivity (Wildman–Crippen MR) is 48.2 cm³/mol. The summed E-state index contributed by atoms with van der Waals surface area (Å²) < 4.78 is 5.18. The van der Waals surface area contributed by atoms with Crippen LogP contribution in [0, 0.1) is 6.92 Å². The van der Waals surface area contributed by atoms with Gasteiger partial charge in [-0.05, 0) is 39.7 Å². The lowest BCUT2D eigenvalue weighted by molar-refractivity contribution is 0.206. The zero-order valence-corrected chi connectivity index (χ0v) is 8.13. The first kappa shape index (κ1) is 8.69. The Morgan fingerprint density at radius 2 is 2.31 bits per heavy atom. The fourth-order valence-electron chi connectivity index (χ4n) is 1.76. The van der Waals surface area contributed by atoms with Crippen LogP contribution in [0.25, 0.3) is 0 Å². The average molecular weight is 181 g/mol. The molecule has 0 aliphatic carbocycles. The number of rotatable bonds is 1. The van der Waals surface area contributed by atoms with Crippen LogP contribution in [0.5, 0.6) is 0 Å². The van der Waals surface area contributed by atoms with Gasteiger partial charge in [-0.3, -0.25) is 0 Å². The molecule has 0 bridgehead atoms. The van der Waals surface area contributed by atoms with Crippen molar-refractivity contribution in [2.24, 2.45) is 0 Å². The van der Waals surface area contributed by atoms with Gasteiger partial charge in [0.1, 0.15) is 0 Å². The number of aromatic nitrogens is 2. The van der Waals surface area contributed by atoms with Crippen LogP contribution in [0.4, 0.5) is 0 Å². The van der Waals surface area contributed by atoms with E-state index in [0.29, 0.717) is 5.82 Å². The van der Waals surface area contributed by atoms with Crippen LogP contribution < -0.4 is 5.32 Å². The first-order chi connectivity index (χ1) is 6.21. The minimum Gasteiger partial charge on any atom is -0.337 e. The van der Waals surface area contributed by atoms with Crippen LogP contribution in [-0.2, 0) is 5.54 Å². The maximum absolute atomic E-state index is 5.18. The van der Waals surface area contributed by atoms with E-state index in [1.807, 2.05) is 6.92 Å². The van der Waals surface area contributed by atoms with Crippen molar-refractivity contribution in [2.45, 2.75) is 38.6 Å². The minimum absolute atomic E-state index is 0.0977. The first-order valence-electron chi connectivity index (χ1n) is 4.76. The molecule has 4 nitrogen and oxygen atoms in total. The summed E-state index contributed by atoms with van der Waals surface area (Å²) in [4.78, 5) is 4.27. The Balaban J connectivity index is 2.22. The van der Waals surface area contributed by atoms with Gasteiger partial charge >= 0.3 is 0 Å². The monoisotopic (exact) mass is 181 g/mol. The van der Waals surface area contributed by atoms with Crippen molar-refractivity contribution in [1.82, 2.24) is 15.5 Å². The molecule has 2 heterocycles. The molecular weight excluding hydrogens is 166 g/mol. The van der Waals surface area contributed by atoms with Gasteiger partial charge in [-0.1, -0.05) is 5.16 Å². The van der Waals surface area contributed by atoms with Crippen LogP contribution in [0.2, 0.25) is 0 Å². The van der Waals surface area contributed by atoms with Crippen molar-refractivity contribution in [2.75, 3.05) is 6.54 Å². The normalized spacial score (nSPS) is 29.1. The highest BCUT2D eigenvalue weighted by Crippen LogP contribution is 2.28. The lowest BCUT2D eigenvalue weighted by atomic mass is 9.91. The van der Waals surface area contributed by atoms with E-state index in [0.717, 1.165) is 18.9 Å². The molecule has 1 aliphatic heterocycles. The molecule has 0 spiro atoms. The molecule has 1 aromatic rings. The van der Waals surface area contributed by atoms with E-state index in [2.05, 4.69) is 22.4 Å². The van der Waals surface area contributed by atoms with Gasteiger partial charge in [-0.25, -0.2) is 0 Å². The van der Waals surface area contributed by atoms with Gasteiger partial charge in [0.25, 0.3) is 0 Å². The maximum atomic E-state index is 5.18. The fourth-order valence-corrected chi connectivity index (χ4v) is 1.76. The third-order valence-electron chi connectivity index (χ3n) is 2.62. The Hall–Kier alpha value is -0.900. The summed E-state index contributed by atoms with van der Waals surface area (Å²) in [5.41, 5.74) is -0.0977. The summed E-state index contributed by atoms with van der Waals surface area (Å²) in [5.74, 6) is 1.44. The molecule has 1 atom stereocenters. The molecule has 1 fully saturated rings. The van der Waals surface area contributed by atoms with Crippen LogP contribution >= 0.6 is 0 Å². The molecule has 0 radical (unpaired) electrons. The van der Waals surface area contributed by atoms with Gasteiger partial charge in [0.15, 0.2) is 5.82 Å². The predicted octanol–water partition coefficient (Wildman–Crippen LogP) is 1.37. The Labute approximate surface area is 77.7 Å². The smallest absolute Gasteiger partial charge is 0.246 e. The Bertz CT molecular complexity index is 289. The summed E-state index contributed by atoms with van der Waals surface area (Å²) in [6.45, 7) is 5.01. The fraction of sp³-hybridized carbons (Fsp3) is 0.778. The molecule has 1 unspecified atom stereocenters. The highest BCUT2D eigenvalue weighted by molar-refractivity contribution is 5.02. The molecule has 0 saturated carbocycles. The maximum Gasteiger partial charge on any atom is 0.246 e. The molecule has 4 heteroatoms. The van der Waals surface area contributed by atoms with E-state index in [4.69, 9.17) is 4.52 Å². The highest BCUT2D eigenvalue weighted by atomic mass is 16.5. The highest BCUT2D eigenvalue weighted by Gasteiger charge is 2.33. The van der Waals surface area contributed by atoms with E-state index in [-0.39, 0.29) is 5.54 Å². The quantitative estimate of drug-likeness (QED) is 0.710. The summed E-state index contributed by atoms with van der Waals surface area (Å²) >= 11 is 0. The molecule has 1 aromatic heterocycles. The molecule has 1 aliphatic rings. The van der Waals surface area contributed by atoms with Crippen molar-refractivity contribution in [1.29, 1.82) is 0 Å². The lowest BCUT2D eigenvalue weighted by Gasteiger charge is -2.31. The van der Waals surface area contributed by atoms with Crippen molar-refractivity contribution >= 4 is 0 Å². The summed E-state index contributed by atoms with van der Waals surface area (Å²) in [6.07, 6.45) is 3.54. The van der Waals surface area contributed by atoms with Crippen molar-refractivity contribution < 1.29 is 4.52 Å².